The molecular weight excluding hydrogens is 294 g/mol. The summed E-state index contributed by atoms with van der Waals surface area (Å²) in [4.78, 5) is 14.5. The molecule has 1 aromatic heterocycles. The summed E-state index contributed by atoms with van der Waals surface area (Å²) in [6.45, 7) is 2.80. The van der Waals surface area contributed by atoms with E-state index in [1.165, 1.54) is 11.3 Å². The highest BCUT2D eigenvalue weighted by Gasteiger charge is 2.14. The fourth-order valence-corrected chi connectivity index (χ4v) is 3.07. The normalized spacial score (nSPS) is 10.4. The number of carbonyl (C=O) groups excluding carboxylic acids is 1. The first-order chi connectivity index (χ1) is 7.06. The molecule has 0 N–H and O–H groups in total. The third-order valence-corrected chi connectivity index (χ3v) is 4.76. The van der Waals surface area contributed by atoms with Crippen LogP contribution < -0.4 is 0 Å². The molecule has 5 heteroatoms. The van der Waals surface area contributed by atoms with Crippen molar-refractivity contribution in [1.29, 1.82) is 0 Å². The van der Waals surface area contributed by atoms with Crippen molar-refractivity contribution in [2.24, 2.45) is 0 Å². The minimum atomic E-state index is 0.114. The van der Waals surface area contributed by atoms with E-state index in [4.69, 9.17) is 0 Å². The number of nitrogens with zero attached hydrogens (tertiary/aromatic N) is 1. The number of thiophene rings is 1. The van der Waals surface area contributed by atoms with Crippen molar-refractivity contribution in [3.05, 3.63) is 20.3 Å². The standard InChI is InChI=1S/C10H14BrNOS2/c1-7-6-8(15-9(7)11)10(13)12(2)4-5-14-3/h6H,4-5H2,1-3H3. The monoisotopic (exact) mass is 307 g/mol. The Kier molecular flexibility index (Phi) is 5.15. The van der Waals surface area contributed by atoms with E-state index in [-0.39, 0.29) is 5.91 Å². The maximum absolute atomic E-state index is 11.9. The van der Waals surface area contributed by atoms with Gasteiger partial charge in [-0.05, 0) is 40.7 Å². The van der Waals surface area contributed by atoms with Crippen molar-refractivity contribution in [3.63, 3.8) is 0 Å². The van der Waals surface area contributed by atoms with E-state index in [0.29, 0.717) is 0 Å². The van der Waals surface area contributed by atoms with Gasteiger partial charge >= 0.3 is 0 Å². The average Bonchev–Trinajstić information content (AvgIpc) is 2.54. The van der Waals surface area contributed by atoms with Crippen molar-refractivity contribution in [2.75, 3.05) is 25.6 Å². The van der Waals surface area contributed by atoms with Crippen LogP contribution in [-0.2, 0) is 0 Å². The molecule has 0 saturated heterocycles. The summed E-state index contributed by atoms with van der Waals surface area (Å²) in [5.41, 5.74) is 1.13. The molecule has 84 valence electrons. The van der Waals surface area contributed by atoms with Crippen molar-refractivity contribution < 1.29 is 4.79 Å². The van der Waals surface area contributed by atoms with Gasteiger partial charge in [-0.25, -0.2) is 0 Å². The highest BCUT2D eigenvalue weighted by atomic mass is 79.9. The second kappa shape index (κ2) is 5.92. The lowest BCUT2D eigenvalue weighted by molar-refractivity contribution is 0.0808. The van der Waals surface area contributed by atoms with E-state index in [0.717, 1.165) is 26.5 Å². The van der Waals surface area contributed by atoms with E-state index in [9.17, 15) is 4.79 Å². The van der Waals surface area contributed by atoms with E-state index < -0.39 is 0 Å². The zero-order valence-electron chi connectivity index (χ0n) is 9.04. The van der Waals surface area contributed by atoms with Crippen LogP contribution in [0.4, 0.5) is 0 Å². The van der Waals surface area contributed by atoms with Crippen LogP contribution in [0.25, 0.3) is 0 Å². The predicted molar refractivity (Wildman–Crippen MR) is 72.1 cm³/mol. The Balaban J connectivity index is 2.67. The molecular formula is C10H14BrNOS2. The molecule has 1 heterocycles. The van der Waals surface area contributed by atoms with Gasteiger partial charge in [-0.2, -0.15) is 11.8 Å². The summed E-state index contributed by atoms with van der Waals surface area (Å²) in [5.74, 6) is 1.09. The predicted octanol–water partition coefficient (Wildman–Crippen LogP) is 3.25. The maximum atomic E-state index is 11.9. The van der Waals surface area contributed by atoms with Crippen LogP contribution >= 0.6 is 39.0 Å². The topological polar surface area (TPSA) is 20.3 Å². The largest absolute Gasteiger partial charge is 0.340 e. The molecule has 0 aliphatic rings. The number of hydrogen-bond donors (Lipinski definition) is 0. The number of aryl methyl sites for hydroxylation is 1. The minimum absolute atomic E-state index is 0.114. The summed E-state index contributed by atoms with van der Waals surface area (Å²) in [6.07, 6.45) is 2.05. The molecule has 0 unspecified atom stereocenters. The number of hydrogen-bond acceptors (Lipinski definition) is 3. The van der Waals surface area contributed by atoms with Gasteiger partial charge in [0.15, 0.2) is 0 Å². The van der Waals surface area contributed by atoms with E-state index >= 15 is 0 Å². The number of thioether (sulfide) groups is 1. The SMILES string of the molecule is CSCCN(C)C(=O)c1cc(C)c(Br)s1. The Hall–Kier alpha value is -0.0000000000000000833. The van der Waals surface area contributed by atoms with Gasteiger partial charge in [-0.15, -0.1) is 11.3 Å². The third kappa shape index (κ3) is 3.50. The molecule has 15 heavy (non-hydrogen) atoms. The number of rotatable bonds is 4. The van der Waals surface area contributed by atoms with Crippen LogP contribution in [0.15, 0.2) is 9.85 Å². The number of amides is 1. The highest BCUT2D eigenvalue weighted by Crippen LogP contribution is 2.27. The fraction of sp³-hybridized carbons (Fsp3) is 0.500. The van der Waals surface area contributed by atoms with Crippen molar-refractivity contribution in [3.8, 4) is 0 Å². The second-order valence-corrected chi connectivity index (χ2v) is 6.64. The van der Waals surface area contributed by atoms with Crippen molar-refractivity contribution in [2.45, 2.75) is 6.92 Å². The molecule has 1 aromatic rings. The van der Waals surface area contributed by atoms with Crippen molar-refractivity contribution in [1.82, 2.24) is 4.90 Å². The summed E-state index contributed by atoms with van der Waals surface area (Å²) in [5, 5.41) is 0. The Morgan fingerprint density at radius 2 is 2.33 bits per heavy atom. The van der Waals surface area contributed by atoms with Crippen LogP contribution in [0.3, 0.4) is 0 Å². The molecule has 2 nitrogen and oxygen atoms in total. The molecule has 0 radical (unpaired) electrons. The lowest BCUT2D eigenvalue weighted by Crippen LogP contribution is -2.28. The van der Waals surface area contributed by atoms with E-state index in [2.05, 4.69) is 15.9 Å². The Morgan fingerprint density at radius 3 is 2.80 bits per heavy atom. The van der Waals surface area contributed by atoms with Gasteiger partial charge in [0.1, 0.15) is 0 Å². The van der Waals surface area contributed by atoms with Gasteiger partial charge in [-0.3, -0.25) is 4.79 Å². The molecule has 1 amide bonds. The van der Waals surface area contributed by atoms with Crippen LogP contribution in [0.2, 0.25) is 0 Å². The van der Waals surface area contributed by atoms with E-state index in [1.54, 1.807) is 16.7 Å². The molecule has 0 saturated carbocycles. The fourth-order valence-electron chi connectivity index (χ4n) is 1.08. The zero-order valence-corrected chi connectivity index (χ0v) is 12.3. The highest BCUT2D eigenvalue weighted by molar-refractivity contribution is 9.11. The maximum Gasteiger partial charge on any atom is 0.263 e. The first-order valence-corrected chi connectivity index (χ1v) is 7.57. The smallest absolute Gasteiger partial charge is 0.263 e. The molecule has 0 atom stereocenters. The first kappa shape index (κ1) is 13.1. The Labute approximate surface area is 107 Å². The summed E-state index contributed by atoms with van der Waals surface area (Å²) in [7, 11) is 1.85. The molecule has 0 bridgehead atoms. The Bertz CT molecular complexity index is 332. The lowest BCUT2D eigenvalue weighted by Gasteiger charge is -2.14. The van der Waals surface area contributed by atoms with Gasteiger partial charge in [-0.1, -0.05) is 0 Å². The number of carbonyl (C=O) groups is 1. The molecule has 1 rings (SSSR count). The molecule has 0 spiro atoms. The van der Waals surface area contributed by atoms with Crippen LogP contribution in [0.1, 0.15) is 15.2 Å². The van der Waals surface area contributed by atoms with Gasteiger partial charge in [0.25, 0.3) is 5.91 Å². The summed E-state index contributed by atoms with van der Waals surface area (Å²) < 4.78 is 1.05. The second-order valence-electron chi connectivity index (χ2n) is 3.29. The first-order valence-electron chi connectivity index (χ1n) is 4.56. The zero-order chi connectivity index (χ0) is 11.4. The Morgan fingerprint density at radius 1 is 1.67 bits per heavy atom. The molecule has 0 aliphatic carbocycles. The van der Waals surface area contributed by atoms with Gasteiger partial charge in [0.2, 0.25) is 0 Å². The van der Waals surface area contributed by atoms with Gasteiger partial charge in [0, 0.05) is 19.3 Å². The average molecular weight is 308 g/mol. The van der Waals surface area contributed by atoms with Crippen molar-refractivity contribution >= 4 is 44.9 Å². The third-order valence-electron chi connectivity index (χ3n) is 2.05. The van der Waals surface area contributed by atoms with E-state index in [1.807, 2.05) is 26.3 Å². The van der Waals surface area contributed by atoms with Gasteiger partial charge < -0.3 is 4.90 Å². The summed E-state index contributed by atoms with van der Waals surface area (Å²) in [6, 6.07) is 1.94. The molecule has 0 aliphatic heterocycles. The summed E-state index contributed by atoms with van der Waals surface area (Å²) >= 11 is 6.68. The van der Waals surface area contributed by atoms with Gasteiger partial charge in [0.05, 0.1) is 8.66 Å². The minimum Gasteiger partial charge on any atom is -0.340 e. The van der Waals surface area contributed by atoms with Crippen LogP contribution in [-0.4, -0.2) is 36.4 Å². The lowest BCUT2D eigenvalue weighted by atomic mass is 10.3. The van der Waals surface area contributed by atoms with Crippen LogP contribution in [0, 0.1) is 6.92 Å². The molecule has 0 aromatic carbocycles. The van der Waals surface area contributed by atoms with Crippen LogP contribution in [0.5, 0.6) is 0 Å². The quantitative estimate of drug-likeness (QED) is 0.851. The number of halogens is 1. The molecule has 0 fully saturated rings.